The summed E-state index contributed by atoms with van der Waals surface area (Å²) >= 11 is 0. The van der Waals surface area contributed by atoms with E-state index in [0.717, 1.165) is 19.6 Å². The van der Waals surface area contributed by atoms with E-state index in [1.54, 1.807) is 12.1 Å². The van der Waals surface area contributed by atoms with Crippen molar-refractivity contribution in [2.75, 3.05) is 33.3 Å². The van der Waals surface area contributed by atoms with Crippen LogP contribution in [0.25, 0.3) is 0 Å². The third kappa shape index (κ3) is 4.22. The molecule has 1 saturated heterocycles. The molecule has 0 aliphatic carbocycles. The maximum atomic E-state index is 12.5. The fourth-order valence-electron chi connectivity index (χ4n) is 2.87. The first-order valence-corrected chi connectivity index (χ1v) is 8.27. The molecule has 0 spiro atoms. The number of rotatable bonds is 4. The molecule has 25 heavy (non-hydrogen) atoms. The molecule has 1 aliphatic heterocycles. The molecule has 0 radical (unpaired) electrons. The molecule has 2 aromatic rings. The fraction of sp³-hybridized carbons (Fsp3) is 0.316. The number of aromatic nitrogens is 1. The number of carbonyl (C=O) groups is 2. The van der Waals surface area contributed by atoms with Crippen LogP contribution in [0.15, 0.2) is 48.7 Å². The third-order valence-corrected chi connectivity index (χ3v) is 4.31. The summed E-state index contributed by atoms with van der Waals surface area (Å²) in [5, 5.41) is 0. The molecule has 1 amide bonds. The number of carbonyl (C=O) groups excluding carboxylic acids is 2. The van der Waals surface area contributed by atoms with Gasteiger partial charge in [-0.25, -0.2) is 4.79 Å². The Balaban J connectivity index is 1.55. The molecule has 130 valence electrons. The molecule has 3 rings (SSSR count). The van der Waals surface area contributed by atoms with Crippen LogP contribution in [0.1, 0.15) is 26.4 Å². The molecule has 0 N–H and O–H groups in total. The van der Waals surface area contributed by atoms with E-state index >= 15 is 0 Å². The van der Waals surface area contributed by atoms with Gasteiger partial charge in [-0.1, -0.05) is 30.3 Å². The van der Waals surface area contributed by atoms with Gasteiger partial charge < -0.3 is 9.64 Å². The Hall–Kier alpha value is -2.73. The van der Waals surface area contributed by atoms with Gasteiger partial charge in [-0.05, 0) is 17.7 Å². The number of benzene rings is 1. The summed E-state index contributed by atoms with van der Waals surface area (Å²) in [7, 11) is 1.32. The van der Waals surface area contributed by atoms with E-state index in [1.165, 1.54) is 18.9 Å². The molecular weight excluding hydrogens is 318 g/mol. The topological polar surface area (TPSA) is 62.7 Å². The summed E-state index contributed by atoms with van der Waals surface area (Å²) in [6.07, 6.45) is 1.38. The average Bonchev–Trinajstić information content (AvgIpc) is 2.68. The average molecular weight is 339 g/mol. The van der Waals surface area contributed by atoms with E-state index in [2.05, 4.69) is 26.8 Å². The Labute approximate surface area is 147 Å². The Morgan fingerprint density at radius 2 is 1.76 bits per heavy atom. The van der Waals surface area contributed by atoms with Crippen molar-refractivity contribution in [2.45, 2.75) is 6.54 Å². The molecule has 1 aromatic carbocycles. The van der Waals surface area contributed by atoms with Gasteiger partial charge >= 0.3 is 5.97 Å². The van der Waals surface area contributed by atoms with Crippen LogP contribution in [-0.2, 0) is 11.3 Å². The van der Waals surface area contributed by atoms with Crippen molar-refractivity contribution in [3.63, 3.8) is 0 Å². The zero-order valence-electron chi connectivity index (χ0n) is 14.2. The zero-order chi connectivity index (χ0) is 17.6. The first-order chi connectivity index (χ1) is 12.2. The lowest BCUT2D eigenvalue weighted by atomic mass is 10.2. The van der Waals surface area contributed by atoms with Crippen LogP contribution in [0.2, 0.25) is 0 Å². The Kier molecular flexibility index (Phi) is 5.40. The first-order valence-electron chi connectivity index (χ1n) is 8.27. The monoisotopic (exact) mass is 339 g/mol. The number of hydrogen-bond donors (Lipinski definition) is 0. The Morgan fingerprint density at radius 1 is 1.04 bits per heavy atom. The number of nitrogens with zero attached hydrogens (tertiary/aromatic N) is 3. The van der Waals surface area contributed by atoms with E-state index in [4.69, 9.17) is 0 Å². The highest BCUT2D eigenvalue weighted by Crippen LogP contribution is 2.11. The summed E-state index contributed by atoms with van der Waals surface area (Å²) in [6.45, 7) is 3.91. The molecule has 0 saturated carbocycles. The lowest BCUT2D eigenvalue weighted by Crippen LogP contribution is -2.48. The van der Waals surface area contributed by atoms with Gasteiger partial charge in [0.05, 0.1) is 12.7 Å². The van der Waals surface area contributed by atoms with E-state index in [-0.39, 0.29) is 5.91 Å². The second-order valence-corrected chi connectivity index (χ2v) is 5.98. The van der Waals surface area contributed by atoms with Crippen LogP contribution in [-0.4, -0.2) is 59.9 Å². The van der Waals surface area contributed by atoms with Crippen molar-refractivity contribution in [1.82, 2.24) is 14.8 Å². The fourth-order valence-corrected chi connectivity index (χ4v) is 2.87. The number of piperazine rings is 1. The predicted molar refractivity (Wildman–Crippen MR) is 93.2 cm³/mol. The molecule has 1 fully saturated rings. The summed E-state index contributed by atoms with van der Waals surface area (Å²) in [5.74, 6) is -0.559. The van der Waals surface area contributed by atoms with Crippen LogP contribution in [0.3, 0.4) is 0 Å². The van der Waals surface area contributed by atoms with Gasteiger partial charge in [0.2, 0.25) is 0 Å². The van der Waals surface area contributed by atoms with Gasteiger partial charge in [0, 0.05) is 38.9 Å². The maximum Gasteiger partial charge on any atom is 0.339 e. The number of amides is 1. The van der Waals surface area contributed by atoms with Gasteiger partial charge in [0.25, 0.3) is 5.91 Å². The van der Waals surface area contributed by atoms with Crippen LogP contribution in [0.5, 0.6) is 0 Å². The smallest absolute Gasteiger partial charge is 0.339 e. The quantitative estimate of drug-likeness (QED) is 0.795. The third-order valence-electron chi connectivity index (χ3n) is 4.31. The minimum atomic E-state index is -0.457. The highest BCUT2D eigenvalue weighted by molar-refractivity contribution is 5.94. The van der Waals surface area contributed by atoms with E-state index in [1.807, 2.05) is 23.1 Å². The molecule has 0 unspecified atom stereocenters. The Bertz CT molecular complexity index is 723. The summed E-state index contributed by atoms with van der Waals surface area (Å²) in [4.78, 5) is 32.2. The summed E-state index contributed by atoms with van der Waals surface area (Å²) in [5.41, 5.74) is 1.97. The summed E-state index contributed by atoms with van der Waals surface area (Å²) in [6, 6.07) is 13.5. The number of pyridine rings is 1. The molecule has 6 heteroatoms. The minimum Gasteiger partial charge on any atom is -0.465 e. The van der Waals surface area contributed by atoms with Crippen molar-refractivity contribution < 1.29 is 14.3 Å². The Morgan fingerprint density at radius 3 is 2.36 bits per heavy atom. The largest absolute Gasteiger partial charge is 0.465 e. The number of ether oxygens (including phenoxy) is 1. The molecule has 1 aliphatic rings. The summed E-state index contributed by atoms with van der Waals surface area (Å²) < 4.78 is 4.63. The number of hydrogen-bond acceptors (Lipinski definition) is 5. The molecule has 0 bridgehead atoms. The predicted octanol–water partition coefficient (Wildman–Crippen LogP) is 1.83. The molecule has 6 nitrogen and oxygen atoms in total. The van der Waals surface area contributed by atoms with Crippen LogP contribution < -0.4 is 0 Å². The van der Waals surface area contributed by atoms with Crippen LogP contribution >= 0.6 is 0 Å². The lowest BCUT2D eigenvalue weighted by molar-refractivity contribution is 0.0593. The highest BCUT2D eigenvalue weighted by Gasteiger charge is 2.23. The molecule has 2 heterocycles. The minimum absolute atomic E-state index is 0.101. The standard InChI is InChI=1S/C19H21N3O3/c1-25-19(24)16-7-8-17(20-13-16)18(23)22-11-9-21(10-12-22)14-15-5-3-2-4-6-15/h2-8,13H,9-12,14H2,1H3. The van der Waals surface area contributed by atoms with E-state index in [9.17, 15) is 9.59 Å². The number of methoxy groups -OCH3 is 1. The van der Waals surface area contributed by atoms with E-state index < -0.39 is 5.97 Å². The van der Waals surface area contributed by atoms with Gasteiger partial charge in [-0.15, -0.1) is 0 Å². The van der Waals surface area contributed by atoms with Crippen molar-refractivity contribution in [3.05, 3.63) is 65.5 Å². The normalized spacial score (nSPS) is 15.0. The van der Waals surface area contributed by atoms with Crippen molar-refractivity contribution in [1.29, 1.82) is 0 Å². The zero-order valence-corrected chi connectivity index (χ0v) is 14.2. The van der Waals surface area contributed by atoms with E-state index in [0.29, 0.717) is 24.3 Å². The van der Waals surface area contributed by atoms with Gasteiger partial charge in [-0.2, -0.15) is 0 Å². The first kappa shape index (κ1) is 17.1. The van der Waals surface area contributed by atoms with Crippen molar-refractivity contribution in [2.24, 2.45) is 0 Å². The SMILES string of the molecule is COC(=O)c1ccc(C(=O)N2CCN(Cc3ccccc3)CC2)nc1. The van der Waals surface area contributed by atoms with Gasteiger partial charge in [0.15, 0.2) is 0 Å². The lowest BCUT2D eigenvalue weighted by Gasteiger charge is -2.34. The van der Waals surface area contributed by atoms with Crippen LogP contribution in [0.4, 0.5) is 0 Å². The number of esters is 1. The van der Waals surface area contributed by atoms with Gasteiger partial charge in [0.1, 0.15) is 5.69 Å². The van der Waals surface area contributed by atoms with Crippen LogP contribution in [0, 0.1) is 0 Å². The molecule has 0 atom stereocenters. The molecule has 1 aromatic heterocycles. The van der Waals surface area contributed by atoms with Crippen molar-refractivity contribution in [3.8, 4) is 0 Å². The van der Waals surface area contributed by atoms with Gasteiger partial charge in [-0.3, -0.25) is 14.7 Å². The maximum absolute atomic E-state index is 12.5. The van der Waals surface area contributed by atoms with Crippen molar-refractivity contribution >= 4 is 11.9 Å². The highest BCUT2D eigenvalue weighted by atomic mass is 16.5. The molecular formula is C19H21N3O3. The second kappa shape index (κ2) is 7.90. The second-order valence-electron chi connectivity index (χ2n) is 5.98.